The molecule has 0 spiro atoms. The highest BCUT2D eigenvalue weighted by atomic mass is 32.2. The van der Waals surface area contributed by atoms with Crippen LogP contribution in [0.1, 0.15) is 25.8 Å². The van der Waals surface area contributed by atoms with E-state index in [2.05, 4.69) is 31.2 Å². The third-order valence-electron chi connectivity index (χ3n) is 2.57. The zero-order valence-corrected chi connectivity index (χ0v) is 10.8. The number of thioether (sulfide) groups is 1. The summed E-state index contributed by atoms with van der Waals surface area (Å²) in [6, 6.07) is 8.40. The predicted molar refractivity (Wildman–Crippen MR) is 70.8 cm³/mol. The molecule has 0 aliphatic heterocycles. The van der Waals surface area contributed by atoms with Crippen molar-refractivity contribution in [2.75, 3.05) is 5.75 Å². The second-order valence-corrected chi connectivity index (χ2v) is 5.38. The smallest absolute Gasteiger partial charge is 0.0691 e. The lowest BCUT2D eigenvalue weighted by atomic mass is 10.0. The summed E-state index contributed by atoms with van der Waals surface area (Å²) < 4.78 is 0. The van der Waals surface area contributed by atoms with Crippen molar-refractivity contribution in [2.45, 2.75) is 43.7 Å². The number of hydrogen-bond acceptors (Lipinski definition) is 3. The Labute approximate surface area is 102 Å². The van der Waals surface area contributed by atoms with Gasteiger partial charge in [0, 0.05) is 10.9 Å². The fourth-order valence-electron chi connectivity index (χ4n) is 1.50. The van der Waals surface area contributed by atoms with Crippen molar-refractivity contribution in [2.24, 2.45) is 5.73 Å². The molecular formula is C13H21NOS. The van der Waals surface area contributed by atoms with Crippen LogP contribution in [0.2, 0.25) is 0 Å². The van der Waals surface area contributed by atoms with Crippen LogP contribution in [0.15, 0.2) is 29.2 Å². The minimum absolute atomic E-state index is 0.144. The van der Waals surface area contributed by atoms with Crippen LogP contribution in [-0.4, -0.2) is 23.0 Å². The number of rotatable bonds is 6. The Morgan fingerprint density at radius 1 is 1.31 bits per heavy atom. The zero-order chi connectivity index (χ0) is 12.0. The number of aliphatic hydroxyl groups excluding tert-OH is 1. The van der Waals surface area contributed by atoms with Gasteiger partial charge in [0.1, 0.15) is 0 Å². The summed E-state index contributed by atoms with van der Waals surface area (Å²) in [5, 5.41) is 9.60. The minimum atomic E-state index is -0.398. The zero-order valence-electron chi connectivity index (χ0n) is 10.0. The molecule has 0 saturated heterocycles. The third-order valence-corrected chi connectivity index (χ3v) is 3.46. The largest absolute Gasteiger partial charge is 0.392 e. The fourth-order valence-corrected chi connectivity index (χ4v) is 2.16. The lowest BCUT2D eigenvalue weighted by Crippen LogP contribution is -2.31. The molecule has 1 aromatic carbocycles. The van der Waals surface area contributed by atoms with Crippen LogP contribution in [0, 0.1) is 0 Å². The third kappa shape index (κ3) is 4.56. The molecule has 0 aliphatic rings. The molecule has 3 heteroatoms. The average Bonchev–Trinajstić information content (AvgIpc) is 2.28. The van der Waals surface area contributed by atoms with Gasteiger partial charge in [0.2, 0.25) is 0 Å². The second-order valence-electron chi connectivity index (χ2n) is 4.04. The Bertz CT molecular complexity index is 297. The maximum atomic E-state index is 9.60. The van der Waals surface area contributed by atoms with Gasteiger partial charge in [-0.3, -0.25) is 0 Å². The Morgan fingerprint density at radius 3 is 2.44 bits per heavy atom. The number of nitrogens with two attached hydrogens (primary N) is 1. The van der Waals surface area contributed by atoms with Gasteiger partial charge in [0.25, 0.3) is 0 Å². The first-order valence-corrected chi connectivity index (χ1v) is 6.77. The Balaban J connectivity index is 2.43. The van der Waals surface area contributed by atoms with E-state index in [0.29, 0.717) is 0 Å². The van der Waals surface area contributed by atoms with Crippen LogP contribution in [0.25, 0.3) is 0 Å². The number of aryl methyl sites for hydroxylation is 1. The van der Waals surface area contributed by atoms with Crippen molar-refractivity contribution in [1.29, 1.82) is 0 Å². The van der Waals surface area contributed by atoms with Crippen molar-refractivity contribution >= 4 is 11.8 Å². The van der Waals surface area contributed by atoms with E-state index in [9.17, 15) is 5.11 Å². The molecule has 3 N–H and O–H groups in total. The van der Waals surface area contributed by atoms with Gasteiger partial charge in [-0.2, -0.15) is 0 Å². The molecule has 2 unspecified atom stereocenters. The summed E-state index contributed by atoms with van der Waals surface area (Å²) >= 11 is 1.84. The van der Waals surface area contributed by atoms with Gasteiger partial charge >= 0.3 is 0 Å². The molecule has 2 nitrogen and oxygen atoms in total. The summed E-state index contributed by atoms with van der Waals surface area (Å²) in [6.07, 6.45) is 1.22. The van der Waals surface area contributed by atoms with Gasteiger partial charge in [-0.15, -0.1) is 11.8 Å². The first-order chi connectivity index (χ1) is 7.63. The highest BCUT2D eigenvalue weighted by Gasteiger charge is 2.08. The van der Waals surface area contributed by atoms with E-state index < -0.39 is 6.10 Å². The molecule has 0 fully saturated rings. The van der Waals surface area contributed by atoms with E-state index in [-0.39, 0.29) is 6.04 Å². The van der Waals surface area contributed by atoms with Gasteiger partial charge in [-0.25, -0.2) is 0 Å². The summed E-state index contributed by atoms with van der Waals surface area (Å²) in [6.45, 7) is 3.99. The molecule has 1 aromatic rings. The molecular weight excluding hydrogens is 218 g/mol. The summed E-state index contributed by atoms with van der Waals surface area (Å²) in [7, 11) is 0. The van der Waals surface area contributed by atoms with Gasteiger partial charge < -0.3 is 10.8 Å². The van der Waals surface area contributed by atoms with E-state index in [0.717, 1.165) is 18.6 Å². The topological polar surface area (TPSA) is 46.2 Å². The lowest BCUT2D eigenvalue weighted by molar-refractivity contribution is 0.141. The maximum Gasteiger partial charge on any atom is 0.0691 e. The molecule has 16 heavy (non-hydrogen) atoms. The quantitative estimate of drug-likeness (QED) is 0.750. The molecule has 0 aliphatic carbocycles. The first kappa shape index (κ1) is 13.6. The van der Waals surface area contributed by atoms with E-state index in [1.54, 1.807) is 0 Å². The SMILES string of the molecule is CCSc1ccc(CCC(O)C(C)N)cc1. The second kappa shape index (κ2) is 6.94. The normalized spacial score (nSPS) is 14.8. The van der Waals surface area contributed by atoms with Gasteiger partial charge in [-0.1, -0.05) is 19.1 Å². The fraction of sp³-hybridized carbons (Fsp3) is 0.538. The van der Waals surface area contributed by atoms with E-state index >= 15 is 0 Å². The van der Waals surface area contributed by atoms with Crippen molar-refractivity contribution < 1.29 is 5.11 Å². The molecule has 0 heterocycles. The number of hydrogen-bond donors (Lipinski definition) is 2. The van der Waals surface area contributed by atoms with Gasteiger partial charge in [0.15, 0.2) is 0 Å². The van der Waals surface area contributed by atoms with Crippen LogP contribution >= 0.6 is 11.8 Å². The van der Waals surface area contributed by atoms with E-state index in [1.807, 2.05) is 18.7 Å². The molecule has 0 amide bonds. The maximum absolute atomic E-state index is 9.60. The van der Waals surface area contributed by atoms with E-state index in [1.165, 1.54) is 10.5 Å². The standard InChI is InChI=1S/C13H21NOS/c1-3-16-12-7-4-11(5-8-12)6-9-13(15)10(2)14/h4-5,7-8,10,13,15H,3,6,9,14H2,1-2H3. The Hall–Kier alpha value is -0.510. The van der Waals surface area contributed by atoms with Crippen LogP contribution in [0.5, 0.6) is 0 Å². The predicted octanol–water partition coefficient (Wildman–Crippen LogP) is 2.44. The Morgan fingerprint density at radius 2 is 1.94 bits per heavy atom. The van der Waals surface area contributed by atoms with Crippen LogP contribution in [0.4, 0.5) is 0 Å². The molecule has 90 valence electrons. The van der Waals surface area contributed by atoms with Gasteiger partial charge in [0.05, 0.1) is 6.10 Å². The van der Waals surface area contributed by atoms with Crippen molar-refractivity contribution in [3.8, 4) is 0 Å². The number of benzene rings is 1. The van der Waals surface area contributed by atoms with E-state index in [4.69, 9.17) is 5.73 Å². The van der Waals surface area contributed by atoms with Gasteiger partial charge in [-0.05, 0) is 43.2 Å². The summed E-state index contributed by atoms with van der Waals surface area (Å²) in [4.78, 5) is 1.30. The summed E-state index contributed by atoms with van der Waals surface area (Å²) in [5.41, 5.74) is 6.87. The average molecular weight is 239 g/mol. The highest BCUT2D eigenvalue weighted by Crippen LogP contribution is 2.18. The lowest BCUT2D eigenvalue weighted by Gasteiger charge is -2.14. The molecule has 0 bridgehead atoms. The molecule has 0 radical (unpaired) electrons. The van der Waals surface area contributed by atoms with Crippen LogP contribution in [0.3, 0.4) is 0 Å². The number of aliphatic hydroxyl groups is 1. The highest BCUT2D eigenvalue weighted by molar-refractivity contribution is 7.99. The van der Waals surface area contributed by atoms with Crippen molar-refractivity contribution in [3.05, 3.63) is 29.8 Å². The van der Waals surface area contributed by atoms with Crippen LogP contribution < -0.4 is 5.73 Å². The summed E-state index contributed by atoms with van der Waals surface area (Å²) in [5.74, 6) is 1.10. The molecule has 1 rings (SSSR count). The molecule has 0 aromatic heterocycles. The monoisotopic (exact) mass is 239 g/mol. The molecule has 0 saturated carbocycles. The van der Waals surface area contributed by atoms with Crippen molar-refractivity contribution in [1.82, 2.24) is 0 Å². The van der Waals surface area contributed by atoms with Crippen molar-refractivity contribution in [3.63, 3.8) is 0 Å². The Kier molecular flexibility index (Phi) is 5.88. The van der Waals surface area contributed by atoms with Crippen LogP contribution in [-0.2, 0) is 6.42 Å². The molecule has 2 atom stereocenters. The first-order valence-electron chi connectivity index (χ1n) is 5.79. The minimum Gasteiger partial charge on any atom is -0.392 e.